The molecule has 1 atom stereocenters. The van der Waals surface area contributed by atoms with Gasteiger partial charge in [-0.1, -0.05) is 96.6 Å². The summed E-state index contributed by atoms with van der Waals surface area (Å²) in [6, 6.07) is 1.23. The van der Waals surface area contributed by atoms with Gasteiger partial charge in [0.25, 0.3) is 0 Å². The van der Waals surface area contributed by atoms with Gasteiger partial charge in [-0.3, -0.25) is 0 Å². The highest BCUT2D eigenvalue weighted by atomic mass is 19.4. The number of hydrogen-bond donors (Lipinski definition) is 0. The third-order valence-corrected chi connectivity index (χ3v) is 6.00. The minimum absolute atomic E-state index is 0.00403. The Hall–Kier alpha value is -0.860. The average Bonchev–Trinajstić information content (AvgIpc) is 2.59. The number of rotatable bonds is 10. The summed E-state index contributed by atoms with van der Waals surface area (Å²) in [5.41, 5.74) is -0.0214. The molecular weight excluding hydrogens is 367 g/mol. The van der Waals surface area contributed by atoms with Crippen LogP contribution in [0.5, 0.6) is 0 Å². The van der Waals surface area contributed by atoms with Crippen molar-refractivity contribution in [1.82, 2.24) is 0 Å². The Morgan fingerprint density at radius 2 is 1.31 bits per heavy atom. The van der Waals surface area contributed by atoms with Gasteiger partial charge in [-0.2, -0.15) is 13.2 Å². The first-order chi connectivity index (χ1) is 13.3. The van der Waals surface area contributed by atoms with Crippen LogP contribution >= 0.6 is 0 Å². The highest BCUT2D eigenvalue weighted by Gasteiger charge is 2.36. The first-order valence-electron chi connectivity index (χ1n) is 11.1. The quantitative estimate of drug-likeness (QED) is 0.317. The number of unbranched alkanes of at least 4 members (excludes halogenated alkanes) is 4. The molecule has 0 spiro atoms. The van der Waals surface area contributed by atoms with Crippen LogP contribution in [-0.4, -0.2) is 15.7 Å². The maximum Gasteiger partial charge on any atom is 0.415 e. The molecular formula is C24H37B2F3. The summed E-state index contributed by atoms with van der Waals surface area (Å²) in [5, 5.41) is 0. The minimum Gasteiger partial charge on any atom is -0.166 e. The summed E-state index contributed by atoms with van der Waals surface area (Å²) in [6.45, 7) is 12.4. The number of hydrogen-bond acceptors (Lipinski definition) is 0. The Kier molecular flexibility index (Phi) is 9.43. The van der Waals surface area contributed by atoms with Gasteiger partial charge in [0.15, 0.2) is 0 Å². The molecule has 1 aromatic carbocycles. The largest absolute Gasteiger partial charge is 0.415 e. The number of alkyl halides is 3. The lowest BCUT2D eigenvalue weighted by Crippen LogP contribution is -2.40. The molecule has 29 heavy (non-hydrogen) atoms. The second kappa shape index (κ2) is 10.4. The first-order valence-corrected chi connectivity index (χ1v) is 11.1. The van der Waals surface area contributed by atoms with Gasteiger partial charge >= 0.3 is 6.18 Å². The van der Waals surface area contributed by atoms with Crippen LogP contribution in [0, 0.1) is 5.41 Å². The van der Waals surface area contributed by atoms with Crippen molar-refractivity contribution in [3.63, 3.8) is 0 Å². The van der Waals surface area contributed by atoms with Crippen LogP contribution in [0.15, 0.2) is 6.07 Å². The Morgan fingerprint density at radius 1 is 0.759 bits per heavy atom. The molecule has 0 aromatic heterocycles. The summed E-state index contributed by atoms with van der Waals surface area (Å²) in [6.07, 6.45) is 5.17. The fraction of sp³-hybridized carbons (Fsp3) is 0.750. The summed E-state index contributed by atoms with van der Waals surface area (Å²) < 4.78 is 40.6. The molecule has 0 bridgehead atoms. The van der Waals surface area contributed by atoms with Gasteiger partial charge in [-0.25, -0.2) is 0 Å². The molecule has 0 N–H and O–H groups in total. The summed E-state index contributed by atoms with van der Waals surface area (Å²) in [5.74, 6) is 0. The number of benzene rings is 1. The van der Waals surface area contributed by atoms with Crippen molar-refractivity contribution in [3.8, 4) is 0 Å². The van der Waals surface area contributed by atoms with Gasteiger partial charge in [0, 0.05) is 5.56 Å². The molecule has 160 valence electrons. The highest BCUT2D eigenvalue weighted by molar-refractivity contribution is 6.50. The standard InChI is InChI=1S/C24H37B2F3/c1-7-9-11-12-14-23(6,13-10-8-2)16-17-18(22(3,4)5)15-19(24(27,28)29)21(26)20(17)25/h15H,7-14,16H2,1-6H3. The van der Waals surface area contributed by atoms with Gasteiger partial charge in [0.2, 0.25) is 0 Å². The average molecular weight is 404 g/mol. The van der Waals surface area contributed by atoms with Gasteiger partial charge < -0.3 is 0 Å². The molecule has 1 aromatic rings. The summed E-state index contributed by atoms with van der Waals surface area (Å²) in [4.78, 5) is 0. The Labute approximate surface area is 179 Å². The second-order valence-electron chi connectivity index (χ2n) is 9.93. The lowest BCUT2D eigenvalue weighted by Gasteiger charge is -2.35. The normalized spacial score (nSPS) is 14.8. The molecule has 5 heteroatoms. The molecule has 0 aliphatic heterocycles. The van der Waals surface area contributed by atoms with Crippen LogP contribution in [0.25, 0.3) is 0 Å². The smallest absolute Gasteiger partial charge is 0.166 e. The fourth-order valence-electron chi connectivity index (χ4n) is 4.17. The lowest BCUT2D eigenvalue weighted by atomic mass is 9.65. The molecule has 0 saturated heterocycles. The SMILES string of the molecule is [B]c1c(C(F)(F)F)cc(C(C)(C)C)c(CC(C)(CCCC)CCCCCC)c1[B]. The van der Waals surface area contributed by atoms with E-state index < -0.39 is 17.2 Å². The van der Waals surface area contributed by atoms with Crippen molar-refractivity contribution in [2.45, 2.75) is 111 Å². The van der Waals surface area contributed by atoms with E-state index in [4.69, 9.17) is 15.7 Å². The van der Waals surface area contributed by atoms with Gasteiger partial charge in [0.1, 0.15) is 15.7 Å². The Bertz CT molecular complexity index is 660. The summed E-state index contributed by atoms with van der Waals surface area (Å²) >= 11 is 0. The zero-order valence-corrected chi connectivity index (χ0v) is 19.2. The van der Waals surface area contributed by atoms with Crippen LogP contribution in [0.2, 0.25) is 0 Å². The van der Waals surface area contributed by atoms with Crippen molar-refractivity contribution in [3.05, 3.63) is 22.8 Å². The third-order valence-electron chi connectivity index (χ3n) is 6.00. The van der Waals surface area contributed by atoms with E-state index in [9.17, 15) is 13.2 Å². The molecule has 4 radical (unpaired) electrons. The Morgan fingerprint density at radius 3 is 1.79 bits per heavy atom. The van der Waals surface area contributed by atoms with Crippen molar-refractivity contribution in [2.75, 3.05) is 0 Å². The predicted molar refractivity (Wildman–Crippen MR) is 121 cm³/mol. The zero-order valence-electron chi connectivity index (χ0n) is 19.2. The van der Waals surface area contributed by atoms with Gasteiger partial charge in [-0.05, 0) is 41.7 Å². The van der Waals surface area contributed by atoms with Crippen LogP contribution in [0.3, 0.4) is 0 Å². The van der Waals surface area contributed by atoms with Crippen molar-refractivity contribution in [1.29, 1.82) is 0 Å². The molecule has 0 aliphatic carbocycles. The Balaban J connectivity index is 3.42. The maximum absolute atomic E-state index is 13.5. The van der Waals surface area contributed by atoms with E-state index in [1.54, 1.807) is 0 Å². The molecule has 1 unspecified atom stereocenters. The van der Waals surface area contributed by atoms with E-state index in [2.05, 4.69) is 20.8 Å². The van der Waals surface area contributed by atoms with E-state index in [0.29, 0.717) is 12.0 Å². The van der Waals surface area contributed by atoms with Crippen LogP contribution in [-0.2, 0) is 18.0 Å². The fourth-order valence-corrected chi connectivity index (χ4v) is 4.17. The molecule has 0 heterocycles. The van der Waals surface area contributed by atoms with Crippen molar-refractivity contribution < 1.29 is 13.2 Å². The topological polar surface area (TPSA) is 0 Å². The van der Waals surface area contributed by atoms with Crippen molar-refractivity contribution in [2.24, 2.45) is 5.41 Å². The van der Waals surface area contributed by atoms with Crippen LogP contribution < -0.4 is 10.9 Å². The van der Waals surface area contributed by atoms with E-state index in [-0.39, 0.29) is 16.3 Å². The molecule has 0 nitrogen and oxygen atoms in total. The highest BCUT2D eigenvalue weighted by Crippen LogP contribution is 2.39. The van der Waals surface area contributed by atoms with E-state index in [1.165, 1.54) is 25.3 Å². The first kappa shape index (κ1) is 26.2. The molecule has 0 amide bonds. The number of halogens is 3. The van der Waals surface area contributed by atoms with E-state index >= 15 is 0 Å². The van der Waals surface area contributed by atoms with Crippen LogP contribution in [0.4, 0.5) is 13.2 Å². The lowest BCUT2D eigenvalue weighted by molar-refractivity contribution is -0.136. The maximum atomic E-state index is 13.5. The monoisotopic (exact) mass is 404 g/mol. The van der Waals surface area contributed by atoms with Gasteiger partial charge in [-0.15, -0.1) is 0 Å². The molecule has 0 aliphatic rings. The zero-order chi connectivity index (χ0) is 22.5. The van der Waals surface area contributed by atoms with Crippen molar-refractivity contribution >= 4 is 26.6 Å². The molecule has 0 fully saturated rings. The molecule has 1 rings (SSSR count). The van der Waals surface area contributed by atoms with Crippen LogP contribution in [0.1, 0.15) is 110 Å². The summed E-state index contributed by atoms with van der Waals surface area (Å²) in [7, 11) is 12.2. The van der Waals surface area contributed by atoms with Gasteiger partial charge in [0.05, 0.1) is 0 Å². The minimum atomic E-state index is -4.51. The molecule has 0 saturated carbocycles. The predicted octanol–water partition coefficient (Wildman–Crippen LogP) is 6.30. The second-order valence-corrected chi connectivity index (χ2v) is 9.93. The van der Waals surface area contributed by atoms with E-state index in [1.807, 2.05) is 20.8 Å². The van der Waals surface area contributed by atoms with E-state index in [0.717, 1.165) is 37.7 Å². The third kappa shape index (κ3) is 7.40.